The van der Waals surface area contributed by atoms with Gasteiger partial charge in [-0.2, -0.15) is 0 Å². The van der Waals surface area contributed by atoms with E-state index < -0.39 is 10.9 Å². The first-order valence-electron chi connectivity index (χ1n) is 7.23. The number of aromatic nitrogens is 2. The van der Waals surface area contributed by atoms with Crippen LogP contribution in [-0.4, -0.2) is 25.6 Å². The van der Waals surface area contributed by atoms with Gasteiger partial charge in [0.05, 0.1) is 16.7 Å². The van der Waals surface area contributed by atoms with Crippen molar-refractivity contribution in [1.29, 1.82) is 0 Å². The van der Waals surface area contributed by atoms with Gasteiger partial charge >= 0.3 is 5.97 Å². The lowest BCUT2D eigenvalue weighted by atomic mass is 10.2. The zero-order chi connectivity index (χ0) is 17.1. The van der Waals surface area contributed by atoms with Gasteiger partial charge < -0.3 is 9.67 Å². The largest absolute Gasteiger partial charge is 0.481 e. The lowest BCUT2D eigenvalue weighted by Gasteiger charge is -2.07. The molecule has 0 spiro atoms. The van der Waals surface area contributed by atoms with E-state index in [-0.39, 0.29) is 18.7 Å². The highest BCUT2D eigenvalue weighted by molar-refractivity contribution is 5.67. The Morgan fingerprint density at radius 2 is 2.08 bits per heavy atom. The molecule has 0 fully saturated rings. The number of rotatable bonds is 5. The summed E-state index contributed by atoms with van der Waals surface area (Å²) >= 11 is 0. The van der Waals surface area contributed by atoms with Gasteiger partial charge in [-0.1, -0.05) is 36.1 Å². The minimum Gasteiger partial charge on any atom is -0.481 e. The van der Waals surface area contributed by atoms with E-state index in [1.165, 1.54) is 18.2 Å². The number of fused-ring (bicyclic) bond motifs is 1. The van der Waals surface area contributed by atoms with E-state index in [0.29, 0.717) is 16.5 Å². The Bertz CT molecular complexity index is 996. The van der Waals surface area contributed by atoms with Gasteiger partial charge in [0, 0.05) is 24.3 Å². The Labute approximate surface area is 136 Å². The van der Waals surface area contributed by atoms with Crippen molar-refractivity contribution in [2.24, 2.45) is 0 Å². The van der Waals surface area contributed by atoms with Crippen molar-refractivity contribution >= 4 is 17.8 Å². The third-order valence-electron chi connectivity index (χ3n) is 3.56. The van der Waals surface area contributed by atoms with Crippen LogP contribution in [0.4, 0.5) is 0 Å². The predicted molar refractivity (Wildman–Crippen MR) is 86.7 cm³/mol. The molecule has 1 aromatic heterocycles. The van der Waals surface area contributed by atoms with Gasteiger partial charge in [-0.3, -0.25) is 14.9 Å². The molecule has 1 heterocycles. The number of hydrogen-bond acceptors (Lipinski definition) is 4. The van der Waals surface area contributed by atoms with Crippen LogP contribution < -0.4 is 10.7 Å². The standard InChI is InChI=1S/C17H13N3O4/c21-16(22)9-10-19-15-11-13(20(23)24)7-4-8-14(15)18-17(19)12-5-2-1-3-6-12/h1-7,11H,9-10H2,(H,21,22). The summed E-state index contributed by atoms with van der Waals surface area (Å²) in [7, 11) is 0. The lowest BCUT2D eigenvalue weighted by Crippen LogP contribution is -2.30. The highest BCUT2D eigenvalue weighted by atomic mass is 16.6. The Balaban J connectivity index is 2.25. The zero-order valence-electron chi connectivity index (χ0n) is 12.5. The molecule has 7 nitrogen and oxygen atoms in total. The van der Waals surface area contributed by atoms with Crippen molar-refractivity contribution < 1.29 is 14.8 Å². The van der Waals surface area contributed by atoms with Gasteiger partial charge in [-0.15, -0.1) is 0 Å². The summed E-state index contributed by atoms with van der Waals surface area (Å²) in [6.45, 7) is 0.158. The van der Waals surface area contributed by atoms with E-state index in [0.717, 1.165) is 5.56 Å². The molecule has 24 heavy (non-hydrogen) atoms. The fraction of sp³-hybridized carbons (Fsp3) is 0.118. The minimum atomic E-state index is -0.949. The maximum atomic E-state index is 11.1. The summed E-state index contributed by atoms with van der Waals surface area (Å²) in [5.41, 5.74) is 3.62. The number of imidazole rings is 1. The van der Waals surface area contributed by atoms with Gasteiger partial charge in [0.25, 0.3) is 5.70 Å². The molecule has 0 radical (unpaired) electrons. The van der Waals surface area contributed by atoms with Crippen LogP contribution in [0.25, 0.3) is 23.2 Å². The van der Waals surface area contributed by atoms with E-state index in [4.69, 9.17) is 5.11 Å². The van der Waals surface area contributed by atoms with Crippen molar-refractivity contribution in [1.82, 2.24) is 9.55 Å². The lowest BCUT2D eigenvalue weighted by molar-refractivity contribution is -0.416. The molecule has 1 aliphatic carbocycles. The average Bonchev–Trinajstić information content (AvgIpc) is 2.76. The highest BCUT2D eigenvalue weighted by Gasteiger charge is 2.15. The summed E-state index contributed by atoms with van der Waals surface area (Å²) in [6, 6.07) is 9.27. The zero-order valence-corrected chi connectivity index (χ0v) is 12.5. The second-order valence-corrected chi connectivity index (χ2v) is 5.13. The third-order valence-corrected chi connectivity index (χ3v) is 3.56. The summed E-state index contributed by atoms with van der Waals surface area (Å²) in [4.78, 5) is 26.1. The van der Waals surface area contributed by atoms with Crippen LogP contribution in [0.5, 0.6) is 0 Å². The number of nitrogens with zero attached hydrogens (tertiary/aromatic N) is 3. The van der Waals surface area contributed by atoms with Crippen LogP contribution >= 0.6 is 0 Å². The number of carbonyl (C=O) groups is 1. The smallest absolute Gasteiger partial charge is 0.305 e. The first-order chi connectivity index (χ1) is 11.6. The third kappa shape index (κ3) is 3.02. The molecule has 0 amide bonds. The van der Waals surface area contributed by atoms with Crippen LogP contribution in [0, 0.1) is 10.1 Å². The number of allylic oxidation sites excluding steroid dienone is 3. The molecule has 7 heteroatoms. The summed E-state index contributed by atoms with van der Waals surface area (Å²) in [5.74, 6) is -0.391. The Morgan fingerprint density at radius 3 is 2.75 bits per heavy atom. The molecule has 0 bridgehead atoms. The monoisotopic (exact) mass is 323 g/mol. The van der Waals surface area contributed by atoms with Gasteiger partial charge in [0.2, 0.25) is 0 Å². The van der Waals surface area contributed by atoms with Crippen LogP contribution in [0.2, 0.25) is 0 Å². The average molecular weight is 323 g/mol. The first-order valence-corrected chi connectivity index (χ1v) is 7.23. The summed E-state index contributed by atoms with van der Waals surface area (Å²) in [6.07, 6.45) is 4.07. The van der Waals surface area contributed by atoms with Crippen molar-refractivity contribution in [3.05, 3.63) is 69.0 Å². The number of nitro groups is 1. The SMILES string of the molecule is O=C(O)CCn1c(-c2ccccc2)nc2c1=CC([N+](=O)[O-])=CC=C=2. The molecule has 0 unspecified atom stereocenters. The topological polar surface area (TPSA) is 98.3 Å². The molecular formula is C17H13N3O4. The summed E-state index contributed by atoms with van der Waals surface area (Å²) < 4.78 is 1.68. The molecule has 0 saturated carbocycles. The molecule has 2 aromatic rings. The Hall–Kier alpha value is -3.44. The van der Waals surface area contributed by atoms with Gasteiger partial charge in [0.1, 0.15) is 11.2 Å². The van der Waals surface area contributed by atoms with Crippen LogP contribution in [0.3, 0.4) is 0 Å². The molecule has 1 aromatic carbocycles. The van der Waals surface area contributed by atoms with E-state index >= 15 is 0 Å². The second kappa shape index (κ2) is 6.36. The van der Waals surface area contributed by atoms with Crippen molar-refractivity contribution in [3.63, 3.8) is 0 Å². The van der Waals surface area contributed by atoms with Crippen molar-refractivity contribution in [2.45, 2.75) is 13.0 Å². The van der Waals surface area contributed by atoms with Gasteiger partial charge in [0.15, 0.2) is 0 Å². The molecule has 1 aliphatic rings. The molecule has 120 valence electrons. The van der Waals surface area contributed by atoms with Gasteiger partial charge in [-0.05, 0) is 6.08 Å². The summed E-state index contributed by atoms with van der Waals surface area (Å²) in [5, 5.41) is 21.0. The van der Waals surface area contributed by atoms with Crippen LogP contribution in [-0.2, 0) is 11.3 Å². The highest BCUT2D eigenvalue weighted by Crippen LogP contribution is 2.14. The number of aliphatic carboxylic acids is 1. The number of carboxylic acids is 1. The predicted octanol–water partition coefficient (Wildman–Crippen LogP) is 0.915. The normalized spacial score (nSPS) is 12.4. The van der Waals surface area contributed by atoms with Crippen molar-refractivity contribution in [2.75, 3.05) is 0 Å². The minimum absolute atomic E-state index is 0.0997. The number of benzene rings is 1. The van der Waals surface area contributed by atoms with E-state index in [2.05, 4.69) is 10.7 Å². The first kappa shape index (κ1) is 15.5. The maximum absolute atomic E-state index is 11.1. The quantitative estimate of drug-likeness (QED) is 0.651. The second-order valence-electron chi connectivity index (χ2n) is 5.13. The molecule has 3 rings (SSSR count). The van der Waals surface area contributed by atoms with E-state index in [1.807, 2.05) is 30.3 Å². The maximum Gasteiger partial charge on any atom is 0.305 e. The van der Waals surface area contributed by atoms with Crippen LogP contribution in [0.1, 0.15) is 6.42 Å². The molecule has 0 atom stereocenters. The van der Waals surface area contributed by atoms with E-state index in [9.17, 15) is 14.9 Å². The van der Waals surface area contributed by atoms with Crippen molar-refractivity contribution in [3.8, 4) is 11.4 Å². The van der Waals surface area contributed by atoms with Crippen LogP contribution in [0.15, 0.2) is 48.2 Å². The molecule has 0 aliphatic heterocycles. The Morgan fingerprint density at radius 1 is 1.33 bits per heavy atom. The van der Waals surface area contributed by atoms with Gasteiger partial charge in [-0.25, -0.2) is 4.98 Å². The van der Waals surface area contributed by atoms with E-state index in [1.54, 1.807) is 4.57 Å². The number of carboxylic acid groups (broad SMARTS) is 1. The fourth-order valence-electron chi connectivity index (χ4n) is 2.47. The Kier molecular flexibility index (Phi) is 4.09. The fourth-order valence-corrected chi connectivity index (χ4v) is 2.47. The number of hydrogen-bond donors (Lipinski definition) is 1. The molecule has 0 saturated heterocycles. The molecule has 1 N–H and O–H groups in total. The molecular weight excluding hydrogens is 310 g/mol.